The monoisotopic (exact) mass is 475 g/mol. The number of esters is 1. The lowest BCUT2D eigenvalue weighted by Gasteiger charge is -2.24. The molecule has 0 bridgehead atoms. The largest absolute Gasteiger partial charge is 0.494 e. The van der Waals surface area contributed by atoms with Gasteiger partial charge in [-0.25, -0.2) is 13.1 Å². The van der Waals surface area contributed by atoms with E-state index in [2.05, 4.69) is 9.82 Å². The average Bonchev–Trinajstić information content (AvgIpc) is 3.11. The predicted molar refractivity (Wildman–Crippen MR) is 107 cm³/mol. The summed E-state index contributed by atoms with van der Waals surface area (Å²) in [5, 5.41) is 4.17. The fourth-order valence-corrected chi connectivity index (χ4v) is 4.91. The van der Waals surface area contributed by atoms with Crippen LogP contribution in [0, 0.1) is 0 Å². The third-order valence-corrected chi connectivity index (χ3v) is 6.42. The lowest BCUT2D eigenvalue weighted by atomic mass is 9.94. The lowest BCUT2D eigenvalue weighted by molar-refractivity contribution is -0.144. The van der Waals surface area contributed by atoms with Gasteiger partial charge in [-0.1, -0.05) is 0 Å². The molecule has 1 N–H and O–H groups in total. The maximum absolute atomic E-state index is 13.3. The molecule has 8 nitrogen and oxygen atoms in total. The Kier molecular flexibility index (Phi) is 7.13. The molecular formula is C20H24F3N3O5S. The minimum Gasteiger partial charge on any atom is -0.494 e. The number of carbonyl (C=O) groups excluding carboxylic acids is 1. The number of sulfonamides is 1. The predicted octanol–water partition coefficient (Wildman–Crippen LogP) is 3.22. The summed E-state index contributed by atoms with van der Waals surface area (Å²) in [6.45, 7) is 3.48. The molecule has 0 amide bonds. The van der Waals surface area contributed by atoms with Gasteiger partial charge in [-0.2, -0.15) is 18.3 Å². The molecule has 1 aliphatic rings. The molecule has 1 aromatic heterocycles. The fraction of sp³-hybridized carbons (Fsp3) is 0.500. The Hall–Kier alpha value is -2.60. The Balaban J connectivity index is 1.89. The normalized spacial score (nSPS) is 16.5. The second kappa shape index (κ2) is 9.49. The number of nitrogens with one attached hydrogen (secondary N) is 1. The topological polar surface area (TPSA) is 99.5 Å². The smallest absolute Gasteiger partial charge is 0.416 e. The van der Waals surface area contributed by atoms with Gasteiger partial charge in [0.05, 0.1) is 35.9 Å². The van der Waals surface area contributed by atoms with Crippen LogP contribution in [0.15, 0.2) is 29.3 Å². The maximum atomic E-state index is 13.3. The standard InChI is InChI=1S/C20H24F3N3O5S/c1-3-30-14-8-13(20(21,22)23)9-15(10-14)32(28,29)25-17-6-5-7-18-16(17)11-24-26(18)12-19(27)31-4-2/h8-11,17,25H,3-7,12H2,1-2H3. The zero-order chi connectivity index (χ0) is 23.5. The molecule has 3 rings (SSSR count). The van der Waals surface area contributed by atoms with E-state index < -0.39 is 38.7 Å². The summed E-state index contributed by atoms with van der Waals surface area (Å²) in [5.41, 5.74) is 0.160. The van der Waals surface area contributed by atoms with Crippen LogP contribution in [0.25, 0.3) is 0 Å². The summed E-state index contributed by atoms with van der Waals surface area (Å²) in [5.74, 6) is -0.650. The van der Waals surface area contributed by atoms with Crippen molar-refractivity contribution < 1.29 is 35.9 Å². The van der Waals surface area contributed by atoms with Crippen LogP contribution in [0.2, 0.25) is 0 Å². The minimum atomic E-state index is -4.73. The van der Waals surface area contributed by atoms with Gasteiger partial charge in [-0.15, -0.1) is 0 Å². The summed E-state index contributed by atoms with van der Waals surface area (Å²) in [7, 11) is -4.31. The van der Waals surface area contributed by atoms with Crippen LogP contribution in [-0.2, 0) is 38.7 Å². The summed E-state index contributed by atoms with van der Waals surface area (Å²) in [4.78, 5) is 11.3. The molecule has 1 aromatic carbocycles. The second-order valence-electron chi connectivity index (χ2n) is 7.20. The summed E-state index contributed by atoms with van der Waals surface area (Å²) in [6, 6.07) is 1.72. The Morgan fingerprint density at radius 1 is 1.25 bits per heavy atom. The molecule has 0 aliphatic heterocycles. The van der Waals surface area contributed by atoms with E-state index in [0.29, 0.717) is 36.6 Å². The number of hydrogen-bond donors (Lipinski definition) is 1. The SMILES string of the molecule is CCOC(=O)Cn1ncc2c1CCCC2NS(=O)(=O)c1cc(OCC)cc(C(F)(F)F)c1. The number of rotatable bonds is 8. The highest BCUT2D eigenvalue weighted by atomic mass is 32.2. The fourth-order valence-electron chi connectivity index (χ4n) is 3.60. The molecule has 1 heterocycles. The van der Waals surface area contributed by atoms with Crippen molar-refractivity contribution in [2.24, 2.45) is 0 Å². The van der Waals surface area contributed by atoms with Crippen molar-refractivity contribution in [3.05, 3.63) is 41.2 Å². The van der Waals surface area contributed by atoms with E-state index in [0.717, 1.165) is 12.1 Å². The molecule has 1 atom stereocenters. The van der Waals surface area contributed by atoms with E-state index >= 15 is 0 Å². The Labute approximate surface area is 183 Å². The van der Waals surface area contributed by atoms with Crippen molar-refractivity contribution in [2.75, 3.05) is 13.2 Å². The van der Waals surface area contributed by atoms with Crippen LogP contribution in [0.3, 0.4) is 0 Å². The van der Waals surface area contributed by atoms with Crippen molar-refractivity contribution >= 4 is 16.0 Å². The molecule has 0 spiro atoms. The summed E-state index contributed by atoms with van der Waals surface area (Å²) < 4.78 is 79.8. The molecule has 0 radical (unpaired) electrons. The first-order valence-corrected chi connectivity index (χ1v) is 11.6. The number of hydrogen-bond acceptors (Lipinski definition) is 6. The summed E-state index contributed by atoms with van der Waals surface area (Å²) in [6.07, 6.45) is -1.62. The van der Waals surface area contributed by atoms with Gasteiger partial charge < -0.3 is 9.47 Å². The lowest BCUT2D eigenvalue weighted by Crippen LogP contribution is -2.31. The number of ether oxygens (including phenoxy) is 2. The van der Waals surface area contributed by atoms with Gasteiger partial charge in [-0.05, 0) is 45.2 Å². The van der Waals surface area contributed by atoms with Crippen molar-refractivity contribution in [1.29, 1.82) is 0 Å². The van der Waals surface area contributed by atoms with Crippen molar-refractivity contribution in [3.63, 3.8) is 0 Å². The zero-order valence-corrected chi connectivity index (χ0v) is 18.4. The van der Waals surface area contributed by atoms with Crippen molar-refractivity contribution in [2.45, 2.75) is 56.8 Å². The van der Waals surface area contributed by atoms with Crippen LogP contribution in [0.5, 0.6) is 5.75 Å². The average molecular weight is 475 g/mol. The molecular weight excluding hydrogens is 451 g/mol. The van der Waals surface area contributed by atoms with Crippen LogP contribution < -0.4 is 9.46 Å². The van der Waals surface area contributed by atoms with Gasteiger partial charge >= 0.3 is 12.1 Å². The number of fused-ring (bicyclic) bond motifs is 1. The van der Waals surface area contributed by atoms with Gasteiger partial charge in [0.15, 0.2) is 0 Å². The molecule has 0 saturated carbocycles. The number of alkyl halides is 3. The highest BCUT2D eigenvalue weighted by molar-refractivity contribution is 7.89. The van der Waals surface area contributed by atoms with E-state index in [9.17, 15) is 26.4 Å². The third kappa shape index (κ3) is 5.41. The highest BCUT2D eigenvalue weighted by Gasteiger charge is 2.34. The Bertz CT molecular complexity index is 1080. The molecule has 1 unspecified atom stereocenters. The van der Waals surface area contributed by atoms with E-state index in [1.165, 1.54) is 10.9 Å². The van der Waals surface area contributed by atoms with Gasteiger partial charge in [0.25, 0.3) is 0 Å². The van der Waals surface area contributed by atoms with E-state index in [1.54, 1.807) is 13.8 Å². The number of aromatic nitrogens is 2. The maximum Gasteiger partial charge on any atom is 0.416 e. The van der Waals surface area contributed by atoms with E-state index in [-0.39, 0.29) is 25.5 Å². The van der Waals surface area contributed by atoms with Crippen LogP contribution >= 0.6 is 0 Å². The molecule has 1 aliphatic carbocycles. The number of benzene rings is 1. The van der Waals surface area contributed by atoms with Gasteiger partial charge in [0.2, 0.25) is 10.0 Å². The van der Waals surface area contributed by atoms with Gasteiger partial charge in [0.1, 0.15) is 12.3 Å². The van der Waals surface area contributed by atoms with Gasteiger partial charge in [-0.3, -0.25) is 9.48 Å². The second-order valence-corrected chi connectivity index (χ2v) is 8.91. The van der Waals surface area contributed by atoms with Crippen LogP contribution in [0.1, 0.15) is 49.6 Å². The van der Waals surface area contributed by atoms with Crippen molar-refractivity contribution in [3.8, 4) is 5.75 Å². The van der Waals surface area contributed by atoms with E-state index in [1.807, 2.05) is 0 Å². The first-order chi connectivity index (χ1) is 15.0. The molecule has 176 valence electrons. The molecule has 12 heteroatoms. The third-order valence-electron chi connectivity index (χ3n) is 4.97. The first kappa shape index (κ1) is 24.1. The van der Waals surface area contributed by atoms with Gasteiger partial charge in [0, 0.05) is 17.3 Å². The number of halogens is 3. The highest BCUT2D eigenvalue weighted by Crippen LogP contribution is 2.35. The Morgan fingerprint density at radius 3 is 2.66 bits per heavy atom. The summed E-state index contributed by atoms with van der Waals surface area (Å²) >= 11 is 0. The van der Waals surface area contributed by atoms with Crippen LogP contribution in [-0.4, -0.2) is 37.4 Å². The quantitative estimate of drug-likeness (QED) is 0.589. The number of nitrogens with zero attached hydrogens (tertiary/aromatic N) is 2. The molecule has 32 heavy (non-hydrogen) atoms. The molecule has 0 saturated heterocycles. The first-order valence-electron chi connectivity index (χ1n) is 10.1. The molecule has 2 aromatic rings. The van der Waals surface area contributed by atoms with Crippen molar-refractivity contribution in [1.82, 2.24) is 14.5 Å². The Morgan fingerprint density at radius 2 is 2.00 bits per heavy atom. The minimum absolute atomic E-state index is 0.0832. The van der Waals surface area contributed by atoms with E-state index in [4.69, 9.17) is 9.47 Å². The number of carbonyl (C=O) groups is 1. The van der Waals surface area contributed by atoms with Crippen LogP contribution in [0.4, 0.5) is 13.2 Å². The zero-order valence-electron chi connectivity index (χ0n) is 17.6. The molecule has 0 fully saturated rings.